The predicted molar refractivity (Wildman–Crippen MR) is 260 cm³/mol. The Hall–Kier alpha value is -7.94. The van der Waals surface area contributed by atoms with Crippen LogP contribution < -0.4 is 41.3 Å². The van der Waals surface area contributed by atoms with Gasteiger partial charge in [-0.15, -0.1) is 44.2 Å². The third kappa shape index (κ3) is 6.09. The van der Waals surface area contributed by atoms with Crippen LogP contribution in [0.15, 0.2) is 218 Å². The molecule has 8 bridgehead atoms. The molecule has 0 radical (unpaired) electrons. The third-order valence-corrected chi connectivity index (χ3v) is 12.8. The molecule has 0 N–H and O–H groups in total. The van der Waals surface area contributed by atoms with E-state index < -0.39 is 0 Å². The summed E-state index contributed by atoms with van der Waals surface area (Å²) in [5.74, 6) is 0. The van der Waals surface area contributed by atoms with Crippen LogP contribution in [0, 0.1) is 0 Å². The molecule has 13 rings (SSSR count). The first kappa shape index (κ1) is 38.7. The molecule has 1 aliphatic rings. The summed E-state index contributed by atoms with van der Waals surface area (Å²) in [5.41, 5.74) is 11.5. The van der Waals surface area contributed by atoms with Crippen molar-refractivity contribution in [3.63, 3.8) is 0 Å². The maximum atomic E-state index is 5.85. The number of benzene rings is 8. The maximum absolute atomic E-state index is 5.85. The van der Waals surface area contributed by atoms with Crippen molar-refractivity contribution < 1.29 is 20.4 Å². The van der Waals surface area contributed by atoms with Gasteiger partial charge in [-0.05, 0) is 87.6 Å². The van der Waals surface area contributed by atoms with Gasteiger partial charge < -0.3 is 19.9 Å². The van der Waals surface area contributed by atoms with Crippen LogP contribution in [0.3, 0.4) is 0 Å². The Morgan fingerprint density at radius 3 is 0.585 bits per heavy atom. The van der Waals surface area contributed by atoms with Gasteiger partial charge in [0.05, 0.1) is 0 Å². The van der Waals surface area contributed by atoms with Gasteiger partial charge in [-0.25, -0.2) is 0 Å². The van der Waals surface area contributed by atoms with Crippen molar-refractivity contribution in [2.24, 2.45) is 0 Å². The number of aromatic nitrogens is 4. The fourth-order valence-electron chi connectivity index (χ4n) is 10.00. The second-order valence-corrected chi connectivity index (χ2v) is 16.4. The largest absolute Gasteiger partial charge is 0.656 e. The van der Waals surface area contributed by atoms with Crippen molar-refractivity contribution in [1.29, 1.82) is 0 Å². The molecule has 310 valence electrons. The van der Waals surface area contributed by atoms with E-state index in [1.54, 1.807) is 0 Å². The first-order valence-electron chi connectivity index (χ1n) is 21.7. The van der Waals surface area contributed by atoms with Crippen molar-refractivity contribution in [3.8, 4) is 0 Å². The summed E-state index contributed by atoms with van der Waals surface area (Å²) in [6.07, 6.45) is 0. The molecule has 5 heteroatoms. The van der Waals surface area contributed by atoms with Crippen molar-refractivity contribution in [1.82, 2.24) is 19.9 Å². The second-order valence-electron chi connectivity index (χ2n) is 16.4. The van der Waals surface area contributed by atoms with Crippen LogP contribution in [0.2, 0.25) is 0 Å². The fourth-order valence-corrected chi connectivity index (χ4v) is 10.00. The molecule has 65 heavy (non-hydrogen) atoms. The monoisotopic (exact) mass is 918 g/mol. The van der Waals surface area contributed by atoms with Crippen molar-refractivity contribution in [2.45, 2.75) is 0 Å². The summed E-state index contributed by atoms with van der Waals surface area (Å²) >= 11 is 0. The average molecular weight is 919 g/mol. The van der Waals surface area contributed by atoms with E-state index in [1.807, 2.05) is 0 Å². The molecule has 8 aromatic carbocycles. The van der Waals surface area contributed by atoms with E-state index in [9.17, 15) is 0 Å². The van der Waals surface area contributed by atoms with Crippen LogP contribution in [-0.4, -0.2) is 0 Å². The van der Waals surface area contributed by atoms with Gasteiger partial charge >= 0.3 is 0 Å². The summed E-state index contributed by atoms with van der Waals surface area (Å²) < 4.78 is 0. The molecule has 0 aliphatic heterocycles. The minimum Gasteiger partial charge on any atom is -0.656 e. The Bertz CT molecular complexity index is 3520. The summed E-state index contributed by atoms with van der Waals surface area (Å²) in [6, 6.07) is 77.2. The first-order chi connectivity index (χ1) is 31.8. The van der Waals surface area contributed by atoms with E-state index in [-0.39, 0.29) is 20.4 Å². The van der Waals surface area contributed by atoms with Gasteiger partial charge in [-0.3, -0.25) is 0 Å². The second kappa shape index (κ2) is 15.7. The van der Waals surface area contributed by atoms with Crippen LogP contribution in [0.25, 0.3) is 65.4 Å². The maximum Gasteiger partial charge on any atom is 0 e. The van der Waals surface area contributed by atoms with Crippen LogP contribution in [0.1, 0.15) is 45.0 Å². The van der Waals surface area contributed by atoms with Gasteiger partial charge in [0.2, 0.25) is 0 Å². The Labute approximate surface area is 388 Å². The molecular weight excluding hydrogens is 883 g/mol. The minimum absolute atomic E-state index is 0. The standard InChI is InChI=1S/C60H36N4.Pd/c1-5-21-37(22-6-1)49-53-41-29-13-15-31-43(41)55(61-53)50(38-23-7-2-8-24-38)57-45-33-17-19-35-47(45)59(63-57)52(40-27-11-4-12-28-40)60-48-36-20-18-34-46(48)58(64-60)51(39-25-9-3-10-26-39)56-44-32-16-14-30-42(44)54(49)62-56;/h1-36H;/q-4;. The predicted octanol–water partition coefficient (Wildman–Crippen LogP) is 9.43. The molecule has 12 aromatic rings. The summed E-state index contributed by atoms with van der Waals surface area (Å²) in [7, 11) is 0. The number of rotatable bonds is 4. The molecule has 0 saturated carbocycles. The van der Waals surface area contributed by atoms with E-state index in [1.165, 1.54) is 0 Å². The molecular formula is C60H36N4Pd-4. The van der Waals surface area contributed by atoms with Crippen molar-refractivity contribution >= 4 is 65.4 Å². The zero-order valence-corrected chi connectivity index (χ0v) is 36.4. The van der Waals surface area contributed by atoms with Gasteiger partial charge in [0.1, 0.15) is 0 Å². The quantitative estimate of drug-likeness (QED) is 0.165. The summed E-state index contributed by atoms with van der Waals surface area (Å²) in [6.45, 7) is 0. The summed E-state index contributed by atoms with van der Waals surface area (Å²) in [5, 5.41) is 11.9. The Morgan fingerprint density at radius 1 is 0.185 bits per heavy atom. The SMILES string of the molecule is [Pd].c1ccc(C2=c3[n-]c(c4ccccc34)=C(c3ccccc3)c3[n-]c(c4ccccc34)C(c3ccccc3)=c3[n-]c(c4ccccc34)=C(c3ccccc3)c3[n-]c2c2ccccc32)cc1. The smallest absolute Gasteiger partial charge is 0 e. The van der Waals surface area contributed by atoms with Gasteiger partial charge in [0.25, 0.3) is 0 Å². The number of hydrogen-bond acceptors (Lipinski definition) is 0. The molecule has 4 heterocycles. The Kier molecular flexibility index (Phi) is 9.35. The average Bonchev–Trinajstić information content (AvgIpc) is 4.14. The number of hydrogen-bond donors (Lipinski definition) is 0. The zero-order valence-electron chi connectivity index (χ0n) is 34.9. The molecule has 0 atom stereocenters. The third-order valence-electron chi connectivity index (χ3n) is 12.8. The Morgan fingerprint density at radius 2 is 0.369 bits per heavy atom. The van der Waals surface area contributed by atoms with Gasteiger partial charge in [-0.2, -0.15) is 0 Å². The molecule has 0 unspecified atom stereocenters. The van der Waals surface area contributed by atoms with E-state index in [0.29, 0.717) is 0 Å². The van der Waals surface area contributed by atoms with Gasteiger partial charge in [-0.1, -0.05) is 218 Å². The van der Waals surface area contributed by atoms with Crippen molar-refractivity contribution in [2.75, 3.05) is 0 Å². The molecule has 0 amide bonds. The normalized spacial score (nSPS) is 12.7. The number of nitrogens with zero attached hydrogens (tertiary/aromatic N) is 4. The van der Waals surface area contributed by atoms with E-state index in [2.05, 4.69) is 218 Å². The van der Waals surface area contributed by atoms with E-state index in [0.717, 1.165) is 132 Å². The van der Waals surface area contributed by atoms with Gasteiger partial charge in [0, 0.05) is 20.4 Å². The van der Waals surface area contributed by atoms with Crippen LogP contribution in [-0.2, 0) is 20.4 Å². The topological polar surface area (TPSA) is 56.4 Å². The van der Waals surface area contributed by atoms with Crippen LogP contribution in [0.4, 0.5) is 0 Å². The first-order valence-corrected chi connectivity index (χ1v) is 21.7. The molecule has 1 aliphatic carbocycles. The van der Waals surface area contributed by atoms with Gasteiger partial charge in [0.15, 0.2) is 0 Å². The molecule has 0 saturated heterocycles. The molecule has 0 spiro atoms. The van der Waals surface area contributed by atoms with Crippen LogP contribution >= 0.6 is 0 Å². The fraction of sp³-hybridized carbons (Fsp3) is 0. The Balaban J connectivity index is 0.00000444. The van der Waals surface area contributed by atoms with E-state index in [4.69, 9.17) is 19.9 Å². The summed E-state index contributed by atoms with van der Waals surface area (Å²) in [4.78, 5) is 23.4. The van der Waals surface area contributed by atoms with Crippen LogP contribution in [0.5, 0.6) is 0 Å². The zero-order chi connectivity index (χ0) is 42.1. The van der Waals surface area contributed by atoms with Crippen molar-refractivity contribution in [3.05, 3.63) is 285 Å². The molecule has 0 fully saturated rings. The van der Waals surface area contributed by atoms with E-state index >= 15 is 0 Å². The molecule has 4 aromatic heterocycles. The molecule has 4 nitrogen and oxygen atoms in total. The minimum atomic E-state index is 0.